The predicted octanol–water partition coefficient (Wildman–Crippen LogP) is 2.93. The molecule has 96 valence electrons. The second-order valence-corrected chi connectivity index (χ2v) is 4.65. The molecule has 1 fully saturated rings. The van der Waals surface area contributed by atoms with Crippen LogP contribution < -0.4 is 4.74 Å². The van der Waals surface area contributed by atoms with E-state index in [1.54, 1.807) is 0 Å². The Morgan fingerprint density at radius 3 is 2.83 bits per heavy atom. The first-order valence-corrected chi connectivity index (χ1v) is 6.57. The van der Waals surface area contributed by atoms with Crippen LogP contribution in [-0.2, 0) is 11.2 Å². The van der Waals surface area contributed by atoms with Gasteiger partial charge in [-0.15, -0.1) is 0 Å². The minimum atomic E-state index is 0.596. The summed E-state index contributed by atoms with van der Waals surface area (Å²) in [5.41, 5.74) is 1.81. The first-order valence-electron chi connectivity index (χ1n) is 6.57. The maximum atomic E-state index is 8.88. The van der Waals surface area contributed by atoms with Gasteiger partial charge in [0.05, 0.1) is 18.2 Å². The van der Waals surface area contributed by atoms with E-state index in [2.05, 4.69) is 13.0 Å². The highest BCUT2D eigenvalue weighted by molar-refractivity contribution is 5.42. The Balaban J connectivity index is 1.98. The van der Waals surface area contributed by atoms with Crippen LogP contribution in [0, 0.1) is 17.2 Å². The minimum absolute atomic E-state index is 0.596. The molecule has 1 aromatic carbocycles. The van der Waals surface area contributed by atoms with Crippen LogP contribution in [0.25, 0.3) is 0 Å². The number of hydrogen-bond donors (Lipinski definition) is 0. The van der Waals surface area contributed by atoms with Gasteiger partial charge in [0, 0.05) is 13.2 Å². The van der Waals surface area contributed by atoms with Crippen molar-refractivity contribution in [2.24, 2.45) is 5.92 Å². The second-order valence-electron chi connectivity index (χ2n) is 4.65. The second kappa shape index (κ2) is 6.42. The average Bonchev–Trinajstić information content (AvgIpc) is 2.46. The summed E-state index contributed by atoms with van der Waals surface area (Å²) in [6, 6.07) is 7.81. The van der Waals surface area contributed by atoms with Crippen molar-refractivity contribution in [2.45, 2.75) is 26.2 Å². The summed E-state index contributed by atoms with van der Waals surface area (Å²) >= 11 is 0. The number of nitrogens with zero attached hydrogens (tertiary/aromatic N) is 1. The third kappa shape index (κ3) is 3.24. The van der Waals surface area contributed by atoms with Crippen LogP contribution in [0.5, 0.6) is 5.75 Å². The molecule has 18 heavy (non-hydrogen) atoms. The van der Waals surface area contributed by atoms with Crippen molar-refractivity contribution in [2.75, 3.05) is 19.8 Å². The molecule has 2 rings (SSSR count). The quantitative estimate of drug-likeness (QED) is 0.819. The summed E-state index contributed by atoms with van der Waals surface area (Å²) in [5.74, 6) is 1.52. The normalized spacial score (nSPS) is 16.2. The fraction of sp³-hybridized carbons (Fsp3) is 0.533. The van der Waals surface area contributed by atoms with E-state index in [0.717, 1.165) is 50.4 Å². The Morgan fingerprint density at radius 2 is 2.17 bits per heavy atom. The first kappa shape index (κ1) is 12.9. The number of ether oxygens (including phenoxy) is 2. The van der Waals surface area contributed by atoms with Crippen molar-refractivity contribution in [3.63, 3.8) is 0 Å². The lowest BCUT2D eigenvalue weighted by atomic mass is 10.0. The zero-order chi connectivity index (χ0) is 12.8. The lowest BCUT2D eigenvalue weighted by Gasteiger charge is -2.22. The Kier molecular flexibility index (Phi) is 4.60. The van der Waals surface area contributed by atoms with E-state index >= 15 is 0 Å². The molecule has 0 atom stereocenters. The van der Waals surface area contributed by atoms with E-state index < -0.39 is 0 Å². The smallest absolute Gasteiger partial charge is 0.122 e. The molecule has 1 aliphatic rings. The molecule has 1 aliphatic heterocycles. The maximum Gasteiger partial charge on any atom is 0.122 e. The zero-order valence-corrected chi connectivity index (χ0v) is 10.8. The van der Waals surface area contributed by atoms with E-state index in [4.69, 9.17) is 14.7 Å². The van der Waals surface area contributed by atoms with Crippen molar-refractivity contribution in [3.8, 4) is 11.8 Å². The number of aryl methyl sites for hydroxylation is 1. The van der Waals surface area contributed by atoms with Crippen molar-refractivity contribution in [1.29, 1.82) is 5.26 Å². The van der Waals surface area contributed by atoms with E-state index in [9.17, 15) is 0 Å². The van der Waals surface area contributed by atoms with Crippen LogP contribution in [-0.4, -0.2) is 19.8 Å². The highest BCUT2D eigenvalue weighted by Gasteiger charge is 2.15. The van der Waals surface area contributed by atoms with Crippen molar-refractivity contribution >= 4 is 0 Å². The fourth-order valence-corrected chi connectivity index (χ4v) is 2.19. The van der Waals surface area contributed by atoms with Crippen LogP contribution >= 0.6 is 0 Å². The molecule has 1 heterocycles. The molecular formula is C15H19NO2. The van der Waals surface area contributed by atoms with Crippen LogP contribution in [0.3, 0.4) is 0 Å². The largest absolute Gasteiger partial charge is 0.493 e. The number of hydrogen-bond acceptors (Lipinski definition) is 3. The molecule has 3 nitrogen and oxygen atoms in total. The number of benzene rings is 1. The summed E-state index contributed by atoms with van der Waals surface area (Å²) in [6.45, 7) is 4.53. The van der Waals surface area contributed by atoms with Gasteiger partial charge >= 0.3 is 0 Å². The van der Waals surface area contributed by atoms with E-state index in [1.165, 1.54) is 0 Å². The lowest BCUT2D eigenvalue weighted by molar-refractivity contribution is 0.0496. The predicted molar refractivity (Wildman–Crippen MR) is 69.6 cm³/mol. The Bertz CT molecular complexity index is 431. The average molecular weight is 245 g/mol. The number of nitriles is 1. The minimum Gasteiger partial charge on any atom is -0.493 e. The fourth-order valence-electron chi connectivity index (χ4n) is 2.19. The van der Waals surface area contributed by atoms with Crippen molar-refractivity contribution in [1.82, 2.24) is 0 Å². The molecule has 0 aromatic heterocycles. The standard InChI is InChI=1S/C15H19NO2/c1-2-14-9-13(10-16)3-4-15(14)18-11-12-5-7-17-8-6-12/h3-4,9,12H,2,5-8,11H2,1H3. The van der Waals surface area contributed by atoms with E-state index in [-0.39, 0.29) is 0 Å². The molecule has 0 amide bonds. The monoisotopic (exact) mass is 245 g/mol. The summed E-state index contributed by atoms with van der Waals surface area (Å²) < 4.78 is 11.2. The molecule has 0 N–H and O–H groups in total. The highest BCUT2D eigenvalue weighted by Crippen LogP contribution is 2.23. The molecule has 0 aliphatic carbocycles. The molecular weight excluding hydrogens is 226 g/mol. The third-order valence-corrected chi connectivity index (χ3v) is 3.39. The molecule has 1 saturated heterocycles. The van der Waals surface area contributed by atoms with Crippen LogP contribution in [0.2, 0.25) is 0 Å². The molecule has 3 heteroatoms. The highest BCUT2D eigenvalue weighted by atomic mass is 16.5. The first-order chi connectivity index (χ1) is 8.83. The van der Waals surface area contributed by atoms with Gasteiger partial charge in [-0.3, -0.25) is 0 Å². The SMILES string of the molecule is CCc1cc(C#N)ccc1OCC1CCOCC1. The molecule has 0 radical (unpaired) electrons. The van der Waals surface area contributed by atoms with Crippen molar-refractivity contribution < 1.29 is 9.47 Å². The van der Waals surface area contributed by atoms with Gasteiger partial charge in [-0.2, -0.15) is 5.26 Å². The van der Waals surface area contributed by atoms with Gasteiger partial charge in [-0.25, -0.2) is 0 Å². The van der Waals surface area contributed by atoms with E-state index in [1.807, 2.05) is 18.2 Å². The molecule has 1 aromatic rings. The van der Waals surface area contributed by atoms with Gasteiger partial charge in [-0.05, 0) is 48.9 Å². The summed E-state index contributed by atoms with van der Waals surface area (Å²) in [5, 5.41) is 8.88. The van der Waals surface area contributed by atoms with Crippen LogP contribution in [0.15, 0.2) is 18.2 Å². The van der Waals surface area contributed by atoms with Gasteiger partial charge in [-0.1, -0.05) is 6.92 Å². The van der Waals surface area contributed by atoms with Crippen molar-refractivity contribution in [3.05, 3.63) is 29.3 Å². The number of rotatable bonds is 4. The summed E-state index contributed by atoms with van der Waals surface area (Å²) in [6.07, 6.45) is 3.05. The van der Waals surface area contributed by atoms with Crippen LogP contribution in [0.1, 0.15) is 30.9 Å². The zero-order valence-electron chi connectivity index (χ0n) is 10.8. The van der Waals surface area contributed by atoms with E-state index in [0.29, 0.717) is 11.5 Å². The van der Waals surface area contributed by atoms with Gasteiger partial charge in [0.1, 0.15) is 5.75 Å². The maximum absolute atomic E-state index is 8.88. The van der Waals surface area contributed by atoms with Gasteiger partial charge in [0.15, 0.2) is 0 Å². The van der Waals surface area contributed by atoms with Gasteiger partial charge < -0.3 is 9.47 Å². The topological polar surface area (TPSA) is 42.2 Å². The Morgan fingerprint density at radius 1 is 1.39 bits per heavy atom. The lowest BCUT2D eigenvalue weighted by Crippen LogP contribution is -2.21. The van der Waals surface area contributed by atoms with Gasteiger partial charge in [0.2, 0.25) is 0 Å². The molecule has 0 spiro atoms. The van der Waals surface area contributed by atoms with Crippen LogP contribution in [0.4, 0.5) is 0 Å². The molecule has 0 saturated carbocycles. The molecule has 0 bridgehead atoms. The van der Waals surface area contributed by atoms with Gasteiger partial charge in [0.25, 0.3) is 0 Å². The molecule has 0 unspecified atom stereocenters. The Hall–Kier alpha value is -1.53. The third-order valence-electron chi connectivity index (χ3n) is 3.39. The summed E-state index contributed by atoms with van der Waals surface area (Å²) in [7, 11) is 0. The summed E-state index contributed by atoms with van der Waals surface area (Å²) in [4.78, 5) is 0. The Labute approximate surface area is 108 Å².